The van der Waals surface area contributed by atoms with Crippen LogP contribution in [0.25, 0.3) is 0 Å². The fourth-order valence-corrected chi connectivity index (χ4v) is 3.85. The molecule has 0 saturated carbocycles. The minimum absolute atomic E-state index is 0. The van der Waals surface area contributed by atoms with E-state index in [2.05, 4.69) is 15.0 Å². The summed E-state index contributed by atoms with van der Waals surface area (Å²) >= 11 is 0. The molecule has 2 aliphatic rings. The Morgan fingerprint density at radius 1 is 1.24 bits per heavy atom. The molecule has 37 heavy (non-hydrogen) atoms. The van der Waals surface area contributed by atoms with Crippen molar-refractivity contribution in [3.05, 3.63) is 53.1 Å². The number of carboxylic acid groups (broad SMARTS) is 1. The molecule has 1 fully saturated rings. The Kier molecular flexibility index (Phi) is 7.95. The predicted molar refractivity (Wildman–Crippen MR) is 125 cm³/mol. The van der Waals surface area contributed by atoms with Crippen molar-refractivity contribution in [3.63, 3.8) is 0 Å². The molecule has 15 heteroatoms. The van der Waals surface area contributed by atoms with E-state index in [9.17, 15) is 37.8 Å². The van der Waals surface area contributed by atoms with Gasteiger partial charge in [-0.15, -0.1) is 25.6 Å². The lowest BCUT2D eigenvalue weighted by Gasteiger charge is -2.34. The molecule has 2 aromatic carbocycles. The van der Waals surface area contributed by atoms with Crippen molar-refractivity contribution in [2.45, 2.75) is 25.1 Å². The van der Waals surface area contributed by atoms with Crippen LogP contribution in [0, 0.1) is 0 Å². The Bertz CT molecular complexity index is 1270. The van der Waals surface area contributed by atoms with Crippen LogP contribution in [0.15, 0.2) is 41.4 Å². The highest BCUT2D eigenvalue weighted by molar-refractivity contribution is 6.07. The van der Waals surface area contributed by atoms with Crippen molar-refractivity contribution in [3.8, 4) is 5.75 Å². The zero-order valence-corrected chi connectivity index (χ0v) is 19.5. The van der Waals surface area contributed by atoms with Gasteiger partial charge in [-0.25, -0.2) is 4.79 Å². The summed E-state index contributed by atoms with van der Waals surface area (Å²) in [6.07, 6.45) is -8.72. The van der Waals surface area contributed by atoms with E-state index in [1.165, 1.54) is 6.07 Å². The normalized spacial score (nSPS) is 17.8. The van der Waals surface area contributed by atoms with Crippen LogP contribution in [-0.4, -0.2) is 65.6 Å². The summed E-state index contributed by atoms with van der Waals surface area (Å²) in [4.78, 5) is 42.3. The van der Waals surface area contributed by atoms with E-state index < -0.39 is 47.7 Å². The number of carbonyl (C=O) groups excluding carboxylic acids is 2. The summed E-state index contributed by atoms with van der Waals surface area (Å²) in [5, 5.41) is 22.5. The number of hydrogen-bond donors (Lipinski definition) is 4. The van der Waals surface area contributed by atoms with Crippen molar-refractivity contribution < 1.29 is 47.2 Å². The van der Waals surface area contributed by atoms with Gasteiger partial charge in [0.15, 0.2) is 12.2 Å². The van der Waals surface area contributed by atoms with Gasteiger partial charge in [-0.2, -0.15) is 0 Å². The number of hydrogen-bond acceptors (Lipinski definition) is 8. The molecule has 4 rings (SSSR count). The first kappa shape index (κ1) is 27.7. The molecule has 1 saturated heterocycles. The third kappa shape index (κ3) is 5.93. The summed E-state index contributed by atoms with van der Waals surface area (Å²) in [5.41, 5.74) is 6.65. The first-order valence-corrected chi connectivity index (χ1v) is 10.4. The summed E-state index contributed by atoms with van der Waals surface area (Å²) < 4.78 is 46.6. The molecule has 2 amide bonds. The number of aliphatic hydroxyl groups is 1. The van der Waals surface area contributed by atoms with Crippen LogP contribution in [0.2, 0.25) is 0 Å². The number of anilines is 2. The van der Waals surface area contributed by atoms with Crippen molar-refractivity contribution >= 4 is 47.4 Å². The molecule has 2 aromatic rings. The van der Waals surface area contributed by atoms with E-state index in [4.69, 9.17) is 10.5 Å². The number of aliphatic imine (C=N–C) groups is 1. The third-order valence-electron chi connectivity index (χ3n) is 5.47. The fourth-order valence-electron chi connectivity index (χ4n) is 3.85. The second kappa shape index (κ2) is 10.6. The number of alkyl halides is 3. The Morgan fingerprint density at radius 2 is 1.97 bits per heavy atom. The van der Waals surface area contributed by atoms with E-state index >= 15 is 0 Å². The molecule has 198 valence electrons. The Morgan fingerprint density at radius 3 is 2.65 bits per heavy atom. The molecule has 2 aliphatic heterocycles. The maximum Gasteiger partial charge on any atom is 0.573 e. The average Bonchev–Trinajstić information content (AvgIpc) is 3.17. The number of rotatable bonds is 6. The smallest absolute Gasteiger partial charge is 0.478 e. The van der Waals surface area contributed by atoms with Gasteiger partial charge in [0, 0.05) is 17.8 Å². The fraction of sp³-hybridized carbons (Fsp3) is 0.273. The Labute approximate surface area is 213 Å². The number of halogens is 4. The number of carboxylic acids is 1. The largest absolute Gasteiger partial charge is 0.573 e. The van der Waals surface area contributed by atoms with E-state index in [-0.39, 0.29) is 31.2 Å². The number of morpholine rings is 1. The van der Waals surface area contributed by atoms with Gasteiger partial charge in [0.25, 0.3) is 11.8 Å². The van der Waals surface area contributed by atoms with Crippen LogP contribution < -0.4 is 20.7 Å². The molecule has 0 aliphatic carbocycles. The SMILES string of the molecule is Cl.NC1=NCc2cc(NC(=O)[C@H](O)[C@H]3OCCN(c4ccc(OC(F)(F)F)cc4C(=O)O)C3=O)ccc21. The summed E-state index contributed by atoms with van der Waals surface area (Å²) in [5.74, 6) is -3.96. The highest BCUT2D eigenvalue weighted by atomic mass is 35.5. The minimum Gasteiger partial charge on any atom is -0.478 e. The van der Waals surface area contributed by atoms with E-state index in [1.54, 1.807) is 12.1 Å². The second-order valence-corrected chi connectivity index (χ2v) is 7.82. The maximum atomic E-state index is 13.0. The lowest BCUT2D eigenvalue weighted by molar-refractivity contribution is -0.274. The van der Waals surface area contributed by atoms with E-state index in [0.29, 0.717) is 24.1 Å². The van der Waals surface area contributed by atoms with Crippen LogP contribution in [-0.2, 0) is 20.9 Å². The van der Waals surface area contributed by atoms with Crippen LogP contribution in [0.1, 0.15) is 21.5 Å². The number of amides is 2. The number of fused-ring (bicyclic) bond motifs is 1. The quantitative estimate of drug-likeness (QED) is 0.426. The highest BCUT2D eigenvalue weighted by Crippen LogP contribution is 2.31. The third-order valence-corrected chi connectivity index (χ3v) is 5.47. The van der Waals surface area contributed by atoms with Gasteiger partial charge < -0.3 is 35.6 Å². The maximum absolute atomic E-state index is 13.0. The number of nitrogens with zero attached hydrogens (tertiary/aromatic N) is 2. The number of ether oxygens (including phenoxy) is 2. The minimum atomic E-state index is -5.05. The van der Waals surface area contributed by atoms with Crippen LogP contribution >= 0.6 is 12.4 Å². The molecule has 5 N–H and O–H groups in total. The number of carbonyl (C=O) groups is 3. The van der Waals surface area contributed by atoms with Crippen molar-refractivity contribution in [2.75, 3.05) is 23.4 Å². The van der Waals surface area contributed by atoms with Gasteiger partial charge in [-0.05, 0) is 42.0 Å². The molecule has 11 nitrogen and oxygen atoms in total. The molecule has 2 atom stereocenters. The highest BCUT2D eigenvalue weighted by Gasteiger charge is 2.40. The van der Waals surface area contributed by atoms with Crippen LogP contribution in [0.4, 0.5) is 24.5 Å². The molecule has 0 unspecified atom stereocenters. The van der Waals surface area contributed by atoms with Gasteiger partial charge in [-0.3, -0.25) is 14.6 Å². The lowest BCUT2D eigenvalue weighted by Crippen LogP contribution is -2.55. The molecule has 0 bridgehead atoms. The summed E-state index contributed by atoms with van der Waals surface area (Å²) in [7, 11) is 0. The predicted octanol–water partition coefficient (Wildman–Crippen LogP) is 1.66. The van der Waals surface area contributed by atoms with Crippen molar-refractivity contribution in [2.24, 2.45) is 10.7 Å². The van der Waals surface area contributed by atoms with Gasteiger partial charge in [0.2, 0.25) is 0 Å². The topological polar surface area (TPSA) is 164 Å². The lowest BCUT2D eigenvalue weighted by atomic mass is 10.1. The molecular formula is C22H20ClF3N4O7. The van der Waals surface area contributed by atoms with Crippen LogP contribution in [0.3, 0.4) is 0 Å². The number of benzene rings is 2. The van der Waals surface area contributed by atoms with Gasteiger partial charge >= 0.3 is 12.3 Å². The Hall–Kier alpha value is -3.88. The van der Waals surface area contributed by atoms with Gasteiger partial charge in [0.1, 0.15) is 11.6 Å². The van der Waals surface area contributed by atoms with Crippen molar-refractivity contribution in [1.29, 1.82) is 0 Å². The number of nitrogens with one attached hydrogen (secondary N) is 1. The summed E-state index contributed by atoms with van der Waals surface area (Å²) in [6.45, 7) is -0.0307. The van der Waals surface area contributed by atoms with Crippen LogP contribution in [0.5, 0.6) is 5.75 Å². The zero-order valence-electron chi connectivity index (χ0n) is 18.7. The molecule has 0 aromatic heterocycles. The molecule has 2 heterocycles. The molecule has 0 spiro atoms. The first-order valence-electron chi connectivity index (χ1n) is 10.4. The standard InChI is InChI=1S/C22H19F3N4O7.ClH/c23-22(24,25)36-12-2-4-15(14(8-12)21(33)34)29-5-6-35-17(20(29)32)16(30)19(31)28-11-1-3-13-10(7-11)9-27-18(13)26;/h1-4,7-8,16-17,30H,5-6,9H2,(H2,26,27)(H,28,31)(H,33,34);1H/t16-,17-;/m1./s1. The van der Waals surface area contributed by atoms with E-state index in [0.717, 1.165) is 28.2 Å². The van der Waals surface area contributed by atoms with E-state index in [1.807, 2.05) is 0 Å². The number of amidine groups is 1. The van der Waals surface area contributed by atoms with Gasteiger partial charge in [0.05, 0.1) is 24.4 Å². The first-order chi connectivity index (χ1) is 16.9. The molecule has 0 radical (unpaired) electrons. The number of nitrogens with two attached hydrogens (primary N) is 1. The van der Waals surface area contributed by atoms with Gasteiger partial charge in [-0.1, -0.05) is 0 Å². The zero-order chi connectivity index (χ0) is 26.2. The second-order valence-electron chi connectivity index (χ2n) is 7.82. The number of aliphatic hydroxyl groups excluding tert-OH is 1. The monoisotopic (exact) mass is 544 g/mol. The summed E-state index contributed by atoms with van der Waals surface area (Å²) in [6, 6.07) is 7.23. The van der Waals surface area contributed by atoms with Crippen molar-refractivity contribution in [1.82, 2.24) is 0 Å². The number of aromatic carboxylic acids is 1. The Balaban J connectivity index is 0.00000380. The average molecular weight is 545 g/mol. The molecular weight excluding hydrogens is 525 g/mol.